The molecule has 2 aliphatic heterocycles. The Hall–Kier alpha value is -3.29. The van der Waals surface area contributed by atoms with E-state index in [2.05, 4.69) is 9.97 Å². The molecule has 0 radical (unpaired) electrons. The second kappa shape index (κ2) is 10.5. The lowest BCUT2D eigenvalue weighted by molar-refractivity contribution is -0.143. The Bertz CT molecular complexity index is 1110. The fourth-order valence-corrected chi connectivity index (χ4v) is 5.01. The summed E-state index contributed by atoms with van der Waals surface area (Å²) in [5.74, 6) is 0.0477. The molecule has 38 heavy (non-hydrogen) atoms. The van der Waals surface area contributed by atoms with Crippen molar-refractivity contribution in [3.8, 4) is 0 Å². The number of likely N-dealkylation sites (tertiary alicyclic amines) is 1. The normalized spacial score (nSPS) is 22.3. The van der Waals surface area contributed by atoms with Gasteiger partial charge in [-0.15, -0.1) is 0 Å². The lowest BCUT2D eigenvalue weighted by atomic mass is 10.0. The van der Waals surface area contributed by atoms with E-state index in [1.54, 1.807) is 6.92 Å². The number of nitrogens with zero attached hydrogens (tertiary/aromatic N) is 5. The van der Waals surface area contributed by atoms with Gasteiger partial charge in [0.25, 0.3) is 0 Å². The third-order valence-electron chi connectivity index (χ3n) is 6.96. The van der Waals surface area contributed by atoms with Crippen molar-refractivity contribution in [2.24, 2.45) is 0 Å². The van der Waals surface area contributed by atoms with E-state index >= 15 is 0 Å². The number of aliphatic hydroxyl groups is 1. The molecule has 4 rings (SSSR count). The maximum atomic E-state index is 13.5. The SMILES string of the molecule is CC[C@@H]1C[C@H](N(Cc2cc(C(F)(F)F)cc(C(F)(F)F)c2)c2ncc(N3CC[C@H](O)C3)cn2)CN1C(=O)O. The summed E-state index contributed by atoms with van der Waals surface area (Å²) < 4.78 is 80.7. The van der Waals surface area contributed by atoms with E-state index in [9.17, 15) is 41.4 Å². The van der Waals surface area contributed by atoms with Crippen LogP contribution in [-0.4, -0.2) is 69.0 Å². The first-order valence-corrected chi connectivity index (χ1v) is 12.1. The molecule has 2 aliphatic rings. The maximum Gasteiger partial charge on any atom is 0.416 e. The zero-order chi connectivity index (χ0) is 27.8. The second-order valence-electron chi connectivity index (χ2n) is 9.56. The molecule has 14 heteroatoms. The van der Waals surface area contributed by atoms with E-state index in [4.69, 9.17) is 0 Å². The van der Waals surface area contributed by atoms with Crippen LogP contribution in [0.5, 0.6) is 0 Å². The van der Waals surface area contributed by atoms with Gasteiger partial charge in [0.05, 0.1) is 41.4 Å². The quantitative estimate of drug-likeness (QED) is 0.510. The van der Waals surface area contributed by atoms with Gasteiger partial charge in [0.1, 0.15) is 0 Å². The van der Waals surface area contributed by atoms with Crippen LogP contribution in [0.1, 0.15) is 42.9 Å². The number of aromatic nitrogens is 2. The molecule has 2 aromatic rings. The van der Waals surface area contributed by atoms with Crippen LogP contribution in [0.2, 0.25) is 0 Å². The Labute approximate surface area is 214 Å². The molecule has 2 N–H and O–H groups in total. The summed E-state index contributed by atoms with van der Waals surface area (Å²) in [7, 11) is 0. The third kappa shape index (κ3) is 6.05. The standard InChI is InChI=1S/C24H27F6N5O3/c1-2-17-8-18(12-35(17)22(37)38)34(21-31-9-19(10-32-21)33-4-3-20(36)13-33)11-14-5-15(23(25,26)27)7-16(6-14)24(28,29)30/h5-7,9-10,17-18,20,36H,2-4,8,11-13H2,1H3,(H,37,38)/t17-,18+,20+/m1/s1. The van der Waals surface area contributed by atoms with Crippen molar-refractivity contribution in [3.63, 3.8) is 0 Å². The largest absolute Gasteiger partial charge is 0.465 e. The molecule has 8 nitrogen and oxygen atoms in total. The van der Waals surface area contributed by atoms with E-state index in [1.165, 1.54) is 22.2 Å². The number of rotatable bonds is 6. The van der Waals surface area contributed by atoms with Crippen LogP contribution in [0.25, 0.3) is 0 Å². The molecule has 2 fully saturated rings. The molecule has 0 bridgehead atoms. The van der Waals surface area contributed by atoms with Gasteiger partial charge in [0, 0.05) is 32.2 Å². The molecular formula is C24H27F6N5O3. The van der Waals surface area contributed by atoms with Gasteiger partial charge in [-0.3, -0.25) is 0 Å². The Balaban J connectivity index is 1.71. The van der Waals surface area contributed by atoms with Gasteiger partial charge < -0.3 is 24.9 Å². The van der Waals surface area contributed by atoms with Crippen LogP contribution in [0, 0.1) is 0 Å². The monoisotopic (exact) mass is 547 g/mol. The lowest BCUT2D eigenvalue weighted by Gasteiger charge is -2.30. The molecule has 0 unspecified atom stereocenters. The molecule has 0 spiro atoms. The van der Waals surface area contributed by atoms with Crippen LogP contribution < -0.4 is 9.80 Å². The van der Waals surface area contributed by atoms with Crippen molar-refractivity contribution in [2.45, 2.75) is 63.3 Å². The Morgan fingerprint density at radius 3 is 2.11 bits per heavy atom. The number of aliphatic hydroxyl groups excluding tert-OH is 1. The van der Waals surface area contributed by atoms with Crippen molar-refractivity contribution in [1.82, 2.24) is 14.9 Å². The van der Waals surface area contributed by atoms with Gasteiger partial charge in [0.15, 0.2) is 0 Å². The fourth-order valence-electron chi connectivity index (χ4n) is 5.01. The number of anilines is 2. The molecular weight excluding hydrogens is 520 g/mol. The summed E-state index contributed by atoms with van der Waals surface area (Å²) in [6.07, 6.45) is -7.37. The number of carboxylic acid groups (broad SMARTS) is 1. The number of hydrogen-bond acceptors (Lipinski definition) is 6. The minimum atomic E-state index is -5.00. The molecule has 1 amide bonds. The maximum absolute atomic E-state index is 13.5. The van der Waals surface area contributed by atoms with Gasteiger partial charge in [0.2, 0.25) is 5.95 Å². The smallest absolute Gasteiger partial charge is 0.416 e. The van der Waals surface area contributed by atoms with Gasteiger partial charge in [-0.25, -0.2) is 14.8 Å². The number of alkyl halides is 6. The first-order chi connectivity index (χ1) is 17.8. The topological polar surface area (TPSA) is 93.0 Å². The minimum absolute atomic E-state index is 0.0115. The predicted octanol–water partition coefficient (Wildman–Crippen LogP) is 4.62. The van der Waals surface area contributed by atoms with E-state index in [0.717, 1.165) is 0 Å². The van der Waals surface area contributed by atoms with Crippen LogP contribution in [0.4, 0.5) is 42.8 Å². The van der Waals surface area contributed by atoms with E-state index < -0.39 is 48.3 Å². The van der Waals surface area contributed by atoms with Crippen molar-refractivity contribution < 1.29 is 41.4 Å². The molecule has 0 saturated carbocycles. The summed E-state index contributed by atoms with van der Waals surface area (Å²) >= 11 is 0. The summed E-state index contributed by atoms with van der Waals surface area (Å²) in [6, 6.07) is 0.419. The van der Waals surface area contributed by atoms with Gasteiger partial charge >= 0.3 is 18.4 Å². The van der Waals surface area contributed by atoms with Crippen LogP contribution in [0.15, 0.2) is 30.6 Å². The van der Waals surface area contributed by atoms with Crippen molar-refractivity contribution in [2.75, 3.05) is 29.4 Å². The Morgan fingerprint density at radius 1 is 1.05 bits per heavy atom. The highest BCUT2D eigenvalue weighted by molar-refractivity contribution is 5.66. The van der Waals surface area contributed by atoms with Gasteiger partial charge in [-0.05, 0) is 43.0 Å². The van der Waals surface area contributed by atoms with E-state index in [1.807, 2.05) is 4.90 Å². The number of hydrogen-bond donors (Lipinski definition) is 2. The number of halogens is 6. The van der Waals surface area contributed by atoms with Crippen LogP contribution in [-0.2, 0) is 18.9 Å². The number of β-amino-alcohol motifs (C(OH)–C–C–N with tert-alkyl or cyclic N) is 1. The molecule has 208 valence electrons. The molecule has 1 aromatic heterocycles. The van der Waals surface area contributed by atoms with Gasteiger partial charge in [-0.2, -0.15) is 26.3 Å². The van der Waals surface area contributed by atoms with Crippen LogP contribution in [0.3, 0.4) is 0 Å². The Morgan fingerprint density at radius 2 is 1.66 bits per heavy atom. The third-order valence-corrected chi connectivity index (χ3v) is 6.96. The zero-order valence-corrected chi connectivity index (χ0v) is 20.4. The fraction of sp³-hybridized carbons (Fsp3) is 0.542. The first kappa shape index (κ1) is 27.7. The zero-order valence-electron chi connectivity index (χ0n) is 20.4. The Kier molecular flexibility index (Phi) is 7.64. The second-order valence-corrected chi connectivity index (χ2v) is 9.56. The van der Waals surface area contributed by atoms with E-state index in [0.29, 0.717) is 50.2 Å². The highest BCUT2D eigenvalue weighted by Gasteiger charge is 2.40. The van der Waals surface area contributed by atoms with Crippen molar-refractivity contribution in [1.29, 1.82) is 0 Å². The minimum Gasteiger partial charge on any atom is -0.465 e. The summed E-state index contributed by atoms with van der Waals surface area (Å²) in [5.41, 5.74) is -2.52. The van der Waals surface area contributed by atoms with Gasteiger partial charge in [-0.1, -0.05) is 6.92 Å². The number of carbonyl (C=O) groups is 1. The molecule has 0 aliphatic carbocycles. The molecule has 1 aromatic carbocycles. The predicted molar refractivity (Wildman–Crippen MR) is 125 cm³/mol. The van der Waals surface area contributed by atoms with Crippen molar-refractivity contribution >= 4 is 17.7 Å². The molecule has 2 saturated heterocycles. The van der Waals surface area contributed by atoms with E-state index in [-0.39, 0.29) is 30.2 Å². The highest BCUT2D eigenvalue weighted by atomic mass is 19.4. The summed E-state index contributed by atoms with van der Waals surface area (Å²) in [6.45, 7) is 2.34. The average molecular weight is 548 g/mol. The highest BCUT2D eigenvalue weighted by Crippen LogP contribution is 2.37. The van der Waals surface area contributed by atoms with Crippen molar-refractivity contribution in [3.05, 3.63) is 47.3 Å². The molecule has 3 heterocycles. The summed E-state index contributed by atoms with van der Waals surface area (Å²) in [5, 5.41) is 19.4. The van der Waals surface area contributed by atoms with Crippen LogP contribution >= 0.6 is 0 Å². The summed E-state index contributed by atoms with van der Waals surface area (Å²) in [4.78, 5) is 25.0. The number of amides is 1. The lowest BCUT2D eigenvalue weighted by Crippen LogP contribution is -2.40. The molecule has 3 atom stereocenters. The number of benzene rings is 1. The first-order valence-electron chi connectivity index (χ1n) is 12.1. The average Bonchev–Trinajstić information content (AvgIpc) is 3.48.